The molecule has 1 heterocycles. The summed E-state index contributed by atoms with van der Waals surface area (Å²) in [4.78, 5) is 36.1. The van der Waals surface area contributed by atoms with E-state index in [9.17, 15) is 19.7 Å². The number of esters is 1. The lowest BCUT2D eigenvalue weighted by Crippen LogP contribution is -2.41. The maximum absolute atomic E-state index is 13.0. The summed E-state index contributed by atoms with van der Waals surface area (Å²) in [6, 6.07) is 5.82. The third-order valence-electron chi connectivity index (χ3n) is 5.01. The van der Waals surface area contributed by atoms with Crippen LogP contribution in [-0.4, -0.2) is 23.3 Å². The Morgan fingerprint density at radius 1 is 1.32 bits per heavy atom. The fourth-order valence-electron chi connectivity index (χ4n) is 3.87. The third-order valence-corrected chi connectivity index (χ3v) is 5.01. The number of rotatable bonds is 4. The first-order valence-corrected chi connectivity index (χ1v) is 9.09. The Balaban J connectivity index is 2.16. The number of hydrogen-bond acceptors (Lipinski definition) is 7. The van der Waals surface area contributed by atoms with Gasteiger partial charge in [0.1, 0.15) is 5.82 Å². The second-order valence-electron chi connectivity index (χ2n) is 7.79. The van der Waals surface area contributed by atoms with Gasteiger partial charge in [-0.05, 0) is 24.3 Å². The van der Waals surface area contributed by atoms with Crippen LogP contribution in [0.2, 0.25) is 0 Å². The summed E-state index contributed by atoms with van der Waals surface area (Å²) in [5.41, 5.74) is 7.77. The Morgan fingerprint density at radius 3 is 2.54 bits per heavy atom. The number of carbonyl (C=O) groups excluding carboxylic acids is 2. The first-order chi connectivity index (χ1) is 13.1. The van der Waals surface area contributed by atoms with Gasteiger partial charge in [0.05, 0.1) is 23.0 Å². The standard InChI is InChI=1S/C20H23N3O5/c1-4-28-19(25)17-15(11-5-7-12(8-6-11)23(26)27)16-13(22-18(17)21)9-20(2,3)10-14(16)24/h5-8,15,22H,4,9-10,21H2,1-3H3. The van der Waals surface area contributed by atoms with E-state index in [-0.39, 0.29) is 34.9 Å². The fourth-order valence-corrected chi connectivity index (χ4v) is 3.87. The molecular formula is C20H23N3O5. The summed E-state index contributed by atoms with van der Waals surface area (Å²) in [7, 11) is 0. The molecule has 3 N–H and O–H groups in total. The summed E-state index contributed by atoms with van der Waals surface area (Å²) < 4.78 is 5.16. The van der Waals surface area contributed by atoms with Crippen LogP contribution in [0.4, 0.5) is 5.69 Å². The molecule has 0 saturated carbocycles. The highest BCUT2D eigenvalue weighted by Crippen LogP contribution is 2.46. The van der Waals surface area contributed by atoms with Crippen molar-refractivity contribution in [2.75, 3.05) is 6.61 Å². The summed E-state index contributed by atoms with van der Waals surface area (Å²) in [5, 5.41) is 14.0. The van der Waals surface area contributed by atoms with E-state index in [2.05, 4.69) is 5.32 Å². The SMILES string of the molecule is CCOC(=O)C1=C(N)NC2=C(C(=O)CC(C)(C)C2)C1c1ccc([N+](=O)[O-])cc1. The average molecular weight is 385 g/mol. The van der Waals surface area contributed by atoms with Gasteiger partial charge in [0.2, 0.25) is 0 Å². The molecule has 0 saturated heterocycles. The summed E-state index contributed by atoms with van der Waals surface area (Å²) in [5.74, 6) is -1.26. The van der Waals surface area contributed by atoms with E-state index in [0.717, 1.165) is 0 Å². The molecule has 8 nitrogen and oxygen atoms in total. The van der Waals surface area contributed by atoms with Crippen LogP contribution in [0, 0.1) is 15.5 Å². The van der Waals surface area contributed by atoms with Crippen LogP contribution in [0.5, 0.6) is 0 Å². The highest BCUT2D eigenvalue weighted by atomic mass is 16.6. The number of benzene rings is 1. The minimum absolute atomic E-state index is 0.0716. The quantitative estimate of drug-likeness (QED) is 0.464. The van der Waals surface area contributed by atoms with Crippen LogP contribution in [0.15, 0.2) is 46.9 Å². The third kappa shape index (κ3) is 3.49. The predicted molar refractivity (Wildman–Crippen MR) is 102 cm³/mol. The average Bonchev–Trinajstić information content (AvgIpc) is 2.59. The molecule has 1 atom stereocenters. The highest BCUT2D eigenvalue weighted by molar-refractivity contribution is 6.04. The molecule has 0 bridgehead atoms. The number of nitrogens with two attached hydrogens (primary N) is 1. The van der Waals surface area contributed by atoms with E-state index < -0.39 is 16.8 Å². The molecule has 148 valence electrons. The molecule has 0 fully saturated rings. The Kier molecular flexibility index (Phi) is 4.97. The van der Waals surface area contributed by atoms with Gasteiger partial charge < -0.3 is 15.8 Å². The van der Waals surface area contributed by atoms with Crippen molar-refractivity contribution >= 4 is 17.4 Å². The van der Waals surface area contributed by atoms with E-state index in [1.54, 1.807) is 19.1 Å². The number of nitro benzene ring substituents is 1. The molecule has 0 amide bonds. The van der Waals surface area contributed by atoms with Crippen LogP contribution in [0.1, 0.15) is 45.1 Å². The lowest BCUT2D eigenvalue weighted by molar-refractivity contribution is -0.384. The molecule has 28 heavy (non-hydrogen) atoms. The monoisotopic (exact) mass is 385 g/mol. The molecule has 1 aromatic rings. The number of ketones is 1. The molecule has 2 aliphatic rings. The maximum Gasteiger partial charge on any atom is 0.338 e. The van der Waals surface area contributed by atoms with E-state index in [4.69, 9.17) is 10.5 Å². The van der Waals surface area contributed by atoms with E-state index in [0.29, 0.717) is 29.7 Å². The number of Topliss-reactive ketones (excluding diaryl/α,β-unsaturated/α-hetero) is 1. The van der Waals surface area contributed by atoms with Crippen molar-refractivity contribution in [3.63, 3.8) is 0 Å². The smallest absolute Gasteiger partial charge is 0.338 e. The summed E-state index contributed by atoms with van der Waals surface area (Å²) in [6.45, 7) is 5.84. The van der Waals surface area contributed by atoms with Gasteiger partial charge in [-0.2, -0.15) is 0 Å². The van der Waals surface area contributed by atoms with Crippen molar-refractivity contribution in [2.24, 2.45) is 11.1 Å². The van der Waals surface area contributed by atoms with Crippen molar-refractivity contribution in [2.45, 2.75) is 39.5 Å². The minimum Gasteiger partial charge on any atom is -0.463 e. The van der Waals surface area contributed by atoms with Gasteiger partial charge >= 0.3 is 5.97 Å². The molecule has 0 radical (unpaired) electrons. The number of carbonyl (C=O) groups is 2. The topological polar surface area (TPSA) is 125 Å². The summed E-state index contributed by atoms with van der Waals surface area (Å²) >= 11 is 0. The zero-order chi connectivity index (χ0) is 20.6. The van der Waals surface area contributed by atoms with Gasteiger partial charge in [-0.3, -0.25) is 14.9 Å². The van der Waals surface area contributed by atoms with Crippen molar-refractivity contribution in [3.8, 4) is 0 Å². The van der Waals surface area contributed by atoms with Crippen molar-refractivity contribution < 1.29 is 19.2 Å². The van der Waals surface area contributed by atoms with Crippen LogP contribution >= 0.6 is 0 Å². The van der Waals surface area contributed by atoms with Gasteiger partial charge in [-0.25, -0.2) is 4.79 Å². The first kappa shape index (κ1) is 19.6. The lowest BCUT2D eigenvalue weighted by Gasteiger charge is -2.39. The van der Waals surface area contributed by atoms with Crippen molar-refractivity contribution in [1.82, 2.24) is 5.32 Å². The molecule has 0 aromatic heterocycles. The second kappa shape index (κ2) is 7.10. The number of nitrogens with zero attached hydrogens (tertiary/aromatic N) is 1. The predicted octanol–water partition coefficient (Wildman–Crippen LogP) is 2.66. The molecule has 3 rings (SSSR count). The van der Waals surface area contributed by atoms with E-state index >= 15 is 0 Å². The maximum atomic E-state index is 13.0. The van der Waals surface area contributed by atoms with Crippen molar-refractivity contribution in [3.05, 3.63) is 62.6 Å². The fraction of sp³-hybridized carbons (Fsp3) is 0.400. The minimum atomic E-state index is -0.722. The largest absolute Gasteiger partial charge is 0.463 e. The number of non-ortho nitro benzene ring substituents is 1. The Bertz CT molecular complexity index is 912. The zero-order valence-corrected chi connectivity index (χ0v) is 16.1. The molecule has 8 heteroatoms. The van der Waals surface area contributed by atoms with Crippen molar-refractivity contribution in [1.29, 1.82) is 0 Å². The Hall–Kier alpha value is -3.16. The zero-order valence-electron chi connectivity index (χ0n) is 16.1. The van der Waals surface area contributed by atoms with Crippen LogP contribution in [-0.2, 0) is 14.3 Å². The van der Waals surface area contributed by atoms with Crippen LogP contribution < -0.4 is 11.1 Å². The number of hydrogen-bond donors (Lipinski definition) is 2. The molecular weight excluding hydrogens is 362 g/mol. The lowest BCUT2D eigenvalue weighted by atomic mass is 9.69. The second-order valence-corrected chi connectivity index (χ2v) is 7.79. The van der Waals surface area contributed by atoms with Gasteiger partial charge in [0.15, 0.2) is 5.78 Å². The first-order valence-electron chi connectivity index (χ1n) is 9.09. The van der Waals surface area contributed by atoms with Gasteiger partial charge in [0.25, 0.3) is 5.69 Å². The number of ether oxygens (including phenoxy) is 1. The molecule has 1 aliphatic carbocycles. The number of nitro groups is 1. The van der Waals surface area contributed by atoms with Gasteiger partial charge in [-0.1, -0.05) is 26.0 Å². The Morgan fingerprint density at radius 2 is 1.96 bits per heavy atom. The number of nitrogens with one attached hydrogen (secondary N) is 1. The molecule has 1 aromatic carbocycles. The van der Waals surface area contributed by atoms with Crippen LogP contribution in [0.25, 0.3) is 0 Å². The highest BCUT2D eigenvalue weighted by Gasteiger charge is 2.43. The molecule has 0 spiro atoms. The number of dihydropyridines is 1. The van der Waals surface area contributed by atoms with E-state index in [1.165, 1.54) is 12.1 Å². The van der Waals surface area contributed by atoms with E-state index in [1.807, 2.05) is 13.8 Å². The van der Waals surface area contributed by atoms with Gasteiger partial charge in [0, 0.05) is 29.8 Å². The molecule has 1 unspecified atom stereocenters. The normalized spacial score (nSPS) is 21.1. The number of allylic oxidation sites excluding steroid dienone is 2. The summed E-state index contributed by atoms with van der Waals surface area (Å²) in [6.07, 6.45) is 0.946. The Labute approximate surface area is 162 Å². The molecule has 1 aliphatic heterocycles. The van der Waals surface area contributed by atoms with Crippen LogP contribution in [0.3, 0.4) is 0 Å². The van der Waals surface area contributed by atoms with Gasteiger partial charge in [-0.15, -0.1) is 0 Å².